The maximum absolute atomic E-state index is 12.0. The molecule has 0 aromatic heterocycles. The van der Waals surface area contributed by atoms with Gasteiger partial charge in [-0.2, -0.15) is 0 Å². The molecule has 1 N–H and O–H groups in total. The Morgan fingerprint density at radius 3 is 2.65 bits per heavy atom. The molecule has 20 heavy (non-hydrogen) atoms. The lowest BCUT2D eigenvalue weighted by atomic mass is 9.68. The number of rotatable bonds is 2. The van der Waals surface area contributed by atoms with Crippen LogP contribution in [0.1, 0.15) is 43.2 Å². The van der Waals surface area contributed by atoms with E-state index in [0.717, 1.165) is 24.8 Å². The molecule has 0 radical (unpaired) electrons. The maximum Gasteiger partial charge on any atom is 0.314 e. The van der Waals surface area contributed by atoms with Crippen LogP contribution >= 0.6 is 11.6 Å². The van der Waals surface area contributed by atoms with Crippen LogP contribution in [0.25, 0.3) is 0 Å². The fraction of sp³-hybridized carbons (Fsp3) is 0.533. The highest BCUT2D eigenvalue weighted by atomic mass is 35.5. The van der Waals surface area contributed by atoms with E-state index in [9.17, 15) is 9.90 Å². The Bertz CT molecular complexity index is 561. The molecule has 1 aromatic rings. The van der Waals surface area contributed by atoms with Gasteiger partial charge in [0.05, 0.1) is 5.41 Å². The van der Waals surface area contributed by atoms with Crippen molar-refractivity contribution in [2.45, 2.75) is 44.4 Å². The molecule has 1 aromatic carbocycles. The molecule has 0 amide bonds. The zero-order valence-corrected chi connectivity index (χ0v) is 12.1. The number of carboxylic acids is 1. The minimum absolute atomic E-state index is 0.163. The van der Waals surface area contributed by atoms with Crippen molar-refractivity contribution in [1.82, 2.24) is 0 Å². The van der Waals surface area contributed by atoms with Crippen molar-refractivity contribution in [3.63, 3.8) is 0 Å². The fourth-order valence-electron chi connectivity index (χ4n) is 3.48. The predicted octanol–water partition coefficient (Wildman–Crippen LogP) is 3.66. The minimum atomic E-state index is -0.888. The molecule has 0 bridgehead atoms. The van der Waals surface area contributed by atoms with Gasteiger partial charge in [0.1, 0.15) is 0 Å². The van der Waals surface area contributed by atoms with Gasteiger partial charge in [-0.25, -0.2) is 0 Å². The van der Waals surface area contributed by atoms with Gasteiger partial charge in [0, 0.05) is 16.7 Å². The third-order valence-corrected chi connectivity index (χ3v) is 4.75. The molecule has 108 valence electrons. The zero-order valence-electron chi connectivity index (χ0n) is 11.4. The minimum Gasteiger partial charge on any atom is -0.481 e. The van der Waals surface area contributed by atoms with Crippen LogP contribution in [0.2, 0.25) is 5.02 Å². The third-order valence-electron chi connectivity index (χ3n) is 4.45. The molecule has 3 rings (SSSR count). The van der Waals surface area contributed by atoms with Crippen molar-refractivity contribution in [3.8, 4) is 11.5 Å². The van der Waals surface area contributed by atoms with Gasteiger partial charge >= 0.3 is 5.97 Å². The first kappa shape index (κ1) is 13.6. The number of fused-ring (bicyclic) bond motifs is 1. The first-order valence-corrected chi connectivity index (χ1v) is 7.26. The van der Waals surface area contributed by atoms with Gasteiger partial charge in [0.15, 0.2) is 11.5 Å². The lowest BCUT2D eigenvalue weighted by Gasteiger charge is -2.35. The number of ether oxygens (including phenoxy) is 2. The second-order valence-electron chi connectivity index (χ2n) is 5.54. The van der Waals surface area contributed by atoms with Gasteiger partial charge in [-0.1, -0.05) is 30.9 Å². The Morgan fingerprint density at radius 1 is 1.30 bits per heavy atom. The van der Waals surface area contributed by atoms with Crippen LogP contribution in [0.3, 0.4) is 0 Å². The summed E-state index contributed by atoms with van der Waals surface area (Å²) in [6.07, 6.45) is 4.16. The van der Waals surface area contributed by atoms with Gasteiger partial charge in [-0.05, 0) is 25.3 Å². The number of benzene rings is 1. The van der Waals surface area contributed by atoms with E-state index in [-0.39, 0.29) is 6.79 Å². The highest BCUT2D eigenvalue weighted by Crippen LogP contribution is 2.49. The summed E-state index contributed by atoms with van der Waals surface area (Å²) < 4.78 is 10.8. The van der Waals surface area contributed by atoms with Gasteiger partial charge in [-0.15, -0.1) is 0 Å². The first-order valence-electron chi connectivity index (χ1n) is 6.89. The van der Waals surface area contributed by atoms with Crippen LogP contribution in [0, 0.1) is 6.92 Å². The summed E-state index contributed by atoms with van der Waals surface area (Å²) in [4.78, 5) is 12.0. The summed E-state index contributed by atoms with van der Waals surface area (Å²) in [5.41, 5.74) is 0.616. The van der Waals surface area contributed by atoms with Crippen molar-refractivity contribution < 1.29 is 19.4 Å². The third kappa shape index (κ3) is 1.85. The highest BCUT2D eigenvalue weighted by molar-refractivity contribution is 6.32. The van der Waals surface area contributed by atoms with E-state index in [1.165, 1.54) is 0 Å². The van der Waals surface area contributed by atoms with Crippen LogP contribution in [0.5, 0.6) is 11.5 Å². The Labute approximate surface area is 122 Å². The largest absolute Gasteiger partial charge is 0.481 e. The van der Waals surface area contributed by atoms with E-state index in [4.69, 9.17) is 21.1 Å². The summed E-state index contributed by atoms with van der Waals surface area (Å²) in [6.45, 7) is 2.03. The Balaban J connectivity index is 2.19. The molecule has 5 heteroatoms. The number of aliphatic carboxylic acids is 1. The zero-order chi connectivity index (χ0) is 14.3. The average molecular weight is 297 g/mol. The Morgan fingerprint density at radius 2 is 2.00 bits per heavy atom. The van der Waals surface area contributed by atoms with Crippen LogP contribution < -0.4 is 9.47 Å². The summed E-state index contributed by atoms with van der Waals surface area (Å²) in [5, 5.41) is 10.3. The lowest BCUT2D eigenvalue weighted by molar-refractivity contribution is -0.145. The standard InChI is InChI=1S/C15H17ClO4/c1-9-12(10(16)7-11-13(9)20-8-19-11)15(14(17)18)5-3-2-4-6-15/h7H,2-6,8H2,1H3,(H,17,18). The number of carbonyl (C=O) groups is 1. The Kier molecular flexibility index (Phi) is 3.28. The molecule has 0 unspecified atom stereocenters. The molecular formula is C15H17ClO4. The Hall–Kier alpha value is -1.42. The van der Waals surface area contributed by atoms with E-state index in [0.29, 0.717) is 34.9 Å². The number of halogens is 1. The van der Waals surface area contributed by atoms with Crippen LogP contribution in [-0.2, 0) is 10.2 Å². The van der Waals surface area contributed by atoms with Crippen LogP contribution in [-0.4, -0.2) is 17.9 Å². The highest BCUT2D eigenvalue weighted by Gasteiger charge is 2.45. The molecular weight excluding hydrogens is 280 g/mol. The number of hydrogen-bond donors (Lipinski definition) is 1. The molecule has 2 aliphatic rings. The van der Waals surface area contributed by atoms with E-state index in [1.807, 2.05) is 6.92 Å². The molecule has 1 saturated carbocycles. The number of hydrogen-bond acceptors (Lipinski definition) is 3. The van der Waals surface area contributed by atoms with Crippen LogP contribution in [0.4, 0.5) is 0 Å². The van der Waals surface area contributed by atoms with Crippen molar-refractivity contribution in [1.29, 1.82) is 0 Å². The lowest BCUT2D eigenvalue weighted by Crippen LogP contribution is -2.38. The summed E-state index contributed by atoms with van der Waals surface area (Å²) in [7, 11) is 0. The van der Waals surface area contributed by atoms with Crippen LogP contribution in [0.15, 0.2) is 6.07 Å². The second kappa shape index (κ2) is 4.85. The van der Waals surface area contributed by atoms with Crippen molar-refractivity contribution in [2.75, 3.05) is 6.79 Å². The monoisotopic (exact) mass is 296 g/mol. The maximum atomic E-state index is 12.0. The normalized spacial score (nSPS) is 19.9. The average Bonchev–Trinajstić information content (AvgIpc) is 2.88. The molecule has 4 nitrogen and oxygen atoms in total. The summed E-state index contributed by atoms with van der Waals surface area (Å²) in [6, 6.07) is 1.69. The SMILES string of the molecule is Cc1c2c(cc(Cl)c1C1(C(=O)O)CCCCC1)OCO2. The molecule has 0 atom stereocenters. The molecule has 0 saturated heterocycles. The molecule has 1 aliphatic heterocycles. The van der Waals surface area contributed by atoms with Gasteiger partial charge in [0.2, 0.25) is 6.79 Å². The second-order valence-corrected chi connectivity index (χ2v) is 5.95. The van der Waals surface area contributed by atoms with E-state index < -0.39 is 11.4 Å². The van der Waals surface area contributed by atoms with E-state index >= 15 is 0 Å². The first-order chi connectivity index (χ1) is 9.56. The van der Waals surface area contributed by atoms with E-state index in [1.54, 1.807) is 6.07 Å². The topological polar surface area (TPSA) is 55.8 Å². The van der Waals surface area contributed by atoms with Gasteiger partial charge < -0.3 is 14.6 Å². The molecule has 1 aliphatic carbocycles. The molecule has 1 fully saturated rings. The summed E-state index contributed by atoms with van der Waals surface area (Å²) in [5.74, 6) is 0.448. The molecule has 0 spiro atoms. The summed E-state index contributed by atoms with van der Waals surface area (Å²) >= 11 is 6.38. The predicted molar refractivity (Wildman–Crippen MR) is 74.7 cm³/mol. The van der Waals surface area contributed by atoms with E-state index in [2.05, 4.69) is 0 Å². The fourth-order valence-corrected chi connectivity index (χ4v) is 3.90. The van der Waals surface area contributed by atoms with Crippen molar-refractivity contribution in [3.05, 3.63) is 22.2 Å². The van der Waals surface area contributed by atoms with Crippen molar-refractivity contribution in [2.24, 2.45) is 0 Å². The molecule has 1 heterocycles. The smallest absolute Gasteiger partial charge is 0.314 e. The quantitative estimate of drug-likeness (QED) is 0.905. The van der Waals surface area contributed by atoms with Gasteiger partial charge in [-0.3, -0.25) is 4.79 Å². The van der Waals surface area contributed by atoms with Crippen molar-refractivity contribution >= 4 is 17.6 Å². The van der Waals surface area contributed by atoms with Gasteiger partial charge in [0.25, 0.3) is 0 Å². The number of carboxylic acid groups (broad SMARTS) is 1.